The Morgan fingerprint density at radius 2 is 1.80 bits per heavy atom. The maximum absolute atomic E-state index is 14.1. The molecule has 0 unspecified atom stereocenters. The Hall–Kier alpha value is -3.18. The second kappa shape index (κ2) is 15.2. The number of carbonyl (C=O) groups is 2. The van der Waals surface area contributed by atoms with Gasteiger partial charge in [0.05, 0.1) is 49.3 Å². The lowest BCUT2D eigenvalue weighted by atomic mass is 9.95. The summed E-state index contributed by atoms with van der Waals surface area (Å²) in [5.74, 6) is 0.295. The van der Waals surface area contributed by atoms with E-state index in [9.17, 15) is 14.4 Å². The van der Waals surface area contributed by atoms with Gasteiger partial charge in [0.25, 0.3) is 5.56 Å². The van der Waals surface area contributed by atoms with E-state index in [-0.39, 0.29) is 24.3 Å². The lowest BCUT2D eigenvalue weighted by Crippen LogP contribution is -2.40. The third kappa shape index (κ3) is 7.37. The summed E-state index contributed by atoms with van der Waals surface area (Å²) >= 11 is 5.64. The molecule has 0 amide bonds. The molecule has 1 aliphatic heterocycles. The van der Waals surface area contributed by atoms with Gasteiger partial charge in [-0.25, -0.2) is 14.6 Å². The van der Waals surface area contributed by atoms with Crippen molar-refractivity contribution in [3.05, 3.63) is 92.2 Å². The Bertz CT molecular complexity index is 1790. The predicted octanol–water partition coefficient (Wildman–Crippen LogP) is 4.52. The van der Waals surface area contributed by atoms with E-state index in [0.717, 1.165) is 18.5 Å². The monoisotopic (exact) mass is 844 g/mol. The molecule has 0 fully saturated rings. The van der Waals surface area contributed by atoms with Crippen LogP contribution < -0.4 is 29.1 Å². The van der Waals surface area contributed by atoms with Crippen molar-refractivity contribution in [2.45, 2.75) is 26.8 Å². The molecule has 0 saturated carbocycles. The van der Waals surface area contributed by atoms with Gasteiger partial charge in [-0.05, 0) is 107 Å². The maximum atomic E-state index is 14.1. The van der Waals surface area contributed by atoms with Gasteiger partial charge in [0.15, 0.2) is 22.9 Å². The predicted molar refractivity (Wildman–Crippen MR) is 183 cm³/mol. The molecular weight excluding hydrogens is 814 g/mol. The van der Waals surface area contributed by atoms with Crippen molar-refractivity contribution in [1.82, 2.24) is 4.57 Å². The average molecular weight is 844 g/mol. The van der Waals surface area contributed by atoms with Crippen LogP contribution in [0.5, 0.6) is 17.2 Å². The number of ether oxygens (including phenoxy) is 5. The molecule has 44 heavy (non-hydrogen) atoms. The van der Waals surface area contributed by atoms with E-state index in [1.165, 1.54) is 23.0 Å². The zero-order valence-electron chi connectivity index (χ0n) is 24.5. The first-order valence-corrected chi connectivity index (χ1v) is 16.5. The summed E-state index contributed by atoms with van der Waals surface area (Å²) in [4.78, 5) is 44.1. The highest BCUT2D eigenvalue weighted by molar-refractivity contribution is 14.1. The highest BCUT2D eigenvalue weighted by atomic mass is 127. The van der Waals surface area contributed by atoms with E-state index >= 15 is 0 Å². The summed E-state index contributed by atoms with van der Waals surface area (Å²) in [6, 6.07) is 8.08. The van der Waals surface area contributed by atoms with Crippen molar-refractivity contribution in [2.24, 2.45) is 4.99 Å². The number of halogens is 2. The Morgan fingerprint density at radius 3 is 2.43 bits per heavy atom. The zero-order chi connectivity index (χ0) is 32.0. The number of hydrogen-bond acceptors (Lipinski definition) is 10. The van der Waals surface area contributed by atoms with E-state index in [1.54, 1.807) is 44.2 Å². The Balaban J connectivity index is 1.88. The Labute approximate surface area is 285 Å². The molecule has 0 spiro atoms. The number of rotatable bonds is 12. The van der Waals surface area contributed by atoms with Gasteiger partial charge in [-0.2, -0.15) is 0 Å². The van der Waals surface area contributed by atoms with Crippen LogP contribution in [0, 0.1) is 7.14 Å². The summed E-state index contributed by atoms with van der Waals surface area (Å²) in [7, 11) is 1.27. The van der Waals surface area contributed by atoms with Crippen molar-refractivity contribution in [2.75, 3.05) is 33.5 Å². The number of nitrogens with zero attached hydrogens (tertiary/aromatic N) is 2. The average Bonchev–Trinajstić information content (AvgIpc) is 3.29. The van der Waals surface area contributed by atoms with Crippen molar-refractivity contribution in [1.29, 1.82) is 0 Å². The number of esters is 2. The molecule has 13 heteroatoms. The Kier molecular flexibility index (Phi) is 11.6. The molecule has 0 aliphatic carbocycles. The number of benzene rings is 2. The van der Waals surface area contributed by atoms with Crippen molar-refractivity contribution >= 4 is 74.5 Å². The zero-order valence-corrected chi connectivity index (χ0v) is 29.6. The molecule has 0 N–H and O–H groups in total. The number of thiazole rings is 1. The van der Waals surface area contributed by atoms with Crippen LogP contribution in [0.1, 0.15) is 37.9 Å². The van der Waals surface area contributed by atoms with Crippen LogP contribution >= 0.6 is 56.5 Å². The third-order valence-electron chi connectivity index (χ3n) is 6.34. The largest absolute Gasteiger partial charge is 0.490 e. The molecule has 2 aromatic carbocycles. The molecule has 1 aromatic heterocycles. The maximum Gasteiger partial charge on any atom is 0.343 e. The van der Waals surface area contributed by atoms with E-state index < -0.39 is 18.0 Å². The van der Waals surface area contributed by atoms with Crippen LogP contribution in [0.15, 0.2) is 64.0 Å². The summed E-state index contributed by atoms with van der Waals surface area (Å²) < 4.78 is 31.1. The molecule has 0 bridgehead atoms. The highest BCUT2D eigenvalue weighted by Crippen LogP contribution is 2.36. The van der Waals surface area contributed by atoms with Gasteiger partial charge in [0, 0.05) is 0 Å². The van der Waals surface area contributed by atoms with Crippen LogP contribution in [0.2, 0.25) is 0 Å². The SMILES string of the molecule is C=CCOc1c(I)cc(/C=c2\sc3n(c2=O)[C@H](c2ccc(OCC(=O)OC)c(OCC)c2)C(C(=O)OCC)=C(C)N=3)cc1I. The van der Waals surface area contributed by atoms with E-state index in [4.69, 9.17) is 18.9 Å². The Morgan fingerprint density at radius 1 is 1.07 bits per heavy atom. The first-order valence-electron chi connectivity index (χ1n) is 13.5. The van der Waals surface area contributed by atoms with Gasteiger partial charge < -0.3 is 23.7 Å². The van der Waals surface area contributed by atoms with Crippen LogP contribution in [-0.4, -0.2) is 50.0 Å². The van der Waals surface area contributed by atoms with Crippen LogP contribution in [-0.2, 0) is 19.1 Å². The molecule has 232 valence electrons. The number of methoxy groups -OCH3 is 1. The molecule has 1 aliphatic rings. The van der Waals surface area contributed by atoms with Crippen molar-refractivity contribution in [3.8, 4) is 17.2 Å². The van der Waals surface area contributed by atoms with E-state index in [2.05, 4.69) is 61.5 Å². The molecule has 0 saturated heterocycles. The topological polar surface area (TPSA) is 115 Å². The molecule has 3 aromatic rings. The minimum atomic E-state index is -0.851. The summed E-state index contributed by atoms with van der Waals surface area (Å²) in [5, 5.41) is 0. The van der Waals surface area contributed by atoms with Gasteiger partial charge in [-0.15, -0.1) is 0 Å². The van der Waals surface area contributed by atoms with E-state index in [1.807, 2.05) is 19.1 Å². The molecule has 4 rings (SSSR count). The molecule has 10 nitrogen and oxygen atoms in total. The summed E-state index contributed by atoms with van der Waals surface area (Å²) in [5.41, 5.74) is 1.77. The second-order valence-electron chi connectivity index (χ2n) is 9.22. The minimum Gasteiger partial charge on any atom is -0.490 e. The highest BCUT2D eigenvalue weighted by Gasteiger charge is 2.34. The van der Waals surface area contributed by atoms with Gasteiger partial charge in [0.1, 0.15) is 12.4 Å². The minimum absolute atomic E-state index is 0.154. The fourth-order valence-electron chi connectivity index (χ4n) is 4.48. The van der Waals surface area contributed by atoms with Gasteiger partial charge >= 0.3 is 11.9 Å². The van der Waals surface area contributed by atoms with Gasteiger partial charge in [-0.1, -0.05) is 30.1 Å². The van der Waals surface area contributed by atoms with Gasteiger partial charge in [-0.3, -0.25) is 9.36 Å². The molecule has 1 atom stereocenters. The lowest BCUT2D eigenvalue weighted by molar-refractivity contribution is -0.143. The smallest absolute Gasteiger partial charge is 0.343 e. The summed E-state index contributed by atoms with van der Waals surface area (Å²) in [6.45, 7) is 9.50. The number of fused-ring (bicyclic) bond motifs is 1. The molecular formula is C31H30I2N2O8S. The fraction of sp³-hybridized carbons (Fsp3) is 0.290. The quantitative estimate of drug-likeness (QED) is 0.149. The number of hydrogen-bond donors (Lipinski definition) is 0. The second-order valence-corrected chi connectivity index (χ2v) is 12.6. The molecule has 0 radical (unpaired) electrons. The van der Waals surface area contributed by atoms with Crippen molar-refractivity contribution < 1.29 is 33.3 Å². The van der Waals surface area contributed by atoms with Crippen LogP contribution in [0.4, 0.5) is 0 Å². The van der Waals surface area contributed by atoms with Crippen LogP contribution in [0.3, 0.4) is 0 Å². The van der Waals surface area contributed by atoms with Crippen molar-refractivity contribution in [3.63, 3.8) is 0 Å². The first-order chi connectivity index (χ1) is 21.1. The lowest BCUT2D eigenvalue weighted by Gasteiger charge is -2.25. The standard InChI is InChI=1S/C31H30I2N2O8S/c1-6-11-42-28-20(32)12-18(13-21(28)33)14-24-29(37)35-27(26(30(38)41-8-3)17(4)34-31(35)44-24)19-9-10-22(23(15-19)40-7-2)43-16-25(36)39-5/h6,9-10,12-15,27H,1,7-8,11,16H2,2-5H3/b24-14-/t27-/m1/s1. The van der Waals surface area contributed by atoms with Crippen LogP contribution in [0.25, 0.3) is 6.08 Å². The number of allylic oxidation sites excluding steroid dienone is 1. The van der Waals surface area contributed by atoms with E-state index in [0.29, 0.717) is 45.3 Å². The molecule has 2 heterocycles. The number of carbonyl (C=O) groups excluding carboxylic acids is 2. The third-order valence-corrected chi connectivity index (χ3v) is 8.92. The first kappa shape index (κ1) is 33.7. The normalized spacial score (nSPS) is 14.4. The summed E-state index contributed by atoms with van der Waals surface area (Å²) in [6.07, 6.45) is 3.49. The van der Waals surface area contributed by atoms with Gasteiger partial charge in [0.2, 0.25) is 0 Å². The number of aromatic nitrogens is 1. The fourth-order valence-corrected chi connectivity index (χ4v) is 7.65.